The summed E-state index contributed by atoms with van der Waals surface area (Å²) in [7, 11) is 0. The molecule has 1 heterocycles. The predicted molar refractivity (Wildman–Crippen MR) is 106 cm³/mol. The monoisotopic (exact) mass is 406 g/mol. The fourth-order valence-electron chi connectivity index (χ4n) is 3.34. The van der Waals surface area contributed by atoms with Gasteiger partial charge in [-0.2, -0.15) is 0 Å². The number of aliphatic carboxylic acids is 1. The number of rotatable bonds is 9. The SMILES string of the molecule is CC(C)c1ccccc1C1=NO[C@@](C(=O)NC(CC(=O)O)C(=O)CF)(C(C)C)C1. The molecule has 7 nitrogen and oxygen atoms in total. The topological polar surface area (TPSA) is 105 Å². The Morgan fingerprint density at radius 1 is 1.24 bits per heavy atom. The van der Waals surface area contributed by atoms with Crippen LogP contribution in [0.3, 0.4) is 0 Å². The smallest absolute Gasteiger partial charge is 0.305 e. The molecule has 0 saturated carbocycles. The average molecular weight is 406 g/mol. The predicted octanol–water partition coefficient (Wildman–Crippen LogP) is 2.83. The van der Waals surface area contributed by atoms with E-state index in [9.17, 15) is 18.8 Å². The van der Waals surface area contributed by atoms with Gasteiger partial charge in [-0.25, -0.2) is 4.39 Å². The third-order valence-electron chi connectivity index (χ3n) is 5.16. The standard InChI is InChI=1S/C21H27FN2O5/c1-12(2)14-7-5-6-8-15(14)17-10-21(13(3)4,29-24-17)20(28)23-16(9-19(26)27)18(25)11-22/h5-8,12-13,16H,9-11H2,1-4H3,(H,23,28)(H,26,27)/t16?,21-/m1/s1. The van der Waals surface area contributed by atoms with E-state index in [0.717, 1.165) is 11.1 Å². The Morgan fingerprint density at radius 2 is 1.90 bits per heavy atom. The molecule has 1 aromatic rings. The quantitative estimate of drug-likeness (QED) is 0.656. The van der Waals surface area contributed by atoms with Gasteiger partial charge in [-0.1, -0.05) is 57.1 Å². The van der Waals surface area contributed by atoms with Gasteiger partial charge in [-0.15, -0.1) is 0 Å². The van der Waals surface area contributed by atoms with Crippen LogP contribution in [0, 0.1) is 5.92 Å². The lowest BCUT2D eigenvalue weighted by Gasteiger charge is -2.30. The van der Waals surface area contributed by atoms with Gasteiger partial charge in [0, 0.05) is 17.9 Å². The third kappa shape index (κ3) is 4.81. The summed E-state index contributed by atoms with van der Waals surface area (Å²) in [6, 6.07) is 6.24. The second-order valence-corrected chi connectivity index (χ2v) is 7.82. The summed E-state index contributed by atoms with van der Waals surface area (Å²) in [5, 5.41) is 15.5. The zero-order valence-corrected chi connectivity index (χ0v) is 17.1. The van der Waals surface area contributed by atoms with E-state index in [1.165, 1.54) is 0 Å². The number of Topliss-reactive ketones (excluding diaryl/α,β-unsaturated/α-hetero) is 1. The van der Waals surface area contributed by atoms with Crippen LogP contribution in [0.5, 0.6) is 0 Å². The van der Waals surface area contributed by atoms with Crippen molar-refractivity contribution in [2.24, 2.45) is 11.1 Å². The summed E-state index contributed by atoms with van der Waals surface area (Å²) < 4.78 is 12.8. The number of alkyl halides is 1. The summed E-state index contributed by atoms with van der Waals surface area (Å²) in [4.78, 5) is 41.4. The highest BCUT2D eigenvalue weighted by atomic mass is 19.1. The Balaban J connectivity index is 2.29. The molecule has 158 valence electrons. The number of oxime groups is 1. The molecular formula is C21H27FN2O5. The Morgan fingerprint density at radius 3 is 2.45 bits per heavy atom. The number of carbonyl (C=O) groups is 3. The second kappa shape index (κ2) is 9.15. The van der Waals surface area contributed by atoms with Crippen molar-refractivity contribution in [2.45, 2.75) is 58.1 Å². The molecule has 29 heavy (non-hydrogen) atoms. The first-order valence-electron chi connectivity index (χ1n) is 9.58. The summed E-state index contributed by atoms with van der Waals surface area (Å²) in [5.41, 5.74) is 1.13. The van der Waals surface area contributed by atoms with Gasteiger partial charge in [0.05, 0.1) is 12.1 Å². The normalized spacial score (nSPS) is 19.6. The number of nitrogens with one attached hydrogen (secondary N) is 1. The molecule has 1 unspecified atom stereocenters. The minimum atomic E-state index is -1.46. The number of hydrogen-bond acceptors (Lipinski definition) is 5. The van der Waals surface area contributed by atoms with Crippen LogP contribution in [-0.2, 0) is 19.2 Å². The first-order chi connectivity index (χ1) is 13.6. The number of carboxylic acids is 1. The van der Waals surface area contributed by atoms with Crippen molar-refractivity contribution in [1.29, 1.82) is 0 Å². The van der Waals surface area contributed by atoms with Gasteiger partial charge in [-0.3, -0.25) is 14.4 Å². The first-order valence-corrected chi connectivity index (χ1v) is 9.58. The van der Waals surface area contributed by atoms with Gasteiger partial charge >= 0.3 is 5.97 Å². The van der Waals surface area contributed by atoms with Crippen LogP contribution in [0.2, 0.25) is 0 Å². The Bertz CT molecular complexity index is 821. The summed E-state index contributed by atoms with van der Waals surface area (Å²) in [5.74, 6) is -3.09. The molecule has 1 aliphatic heterocycles. The molecule has 2 rings (SSSR count). The second-order valence-electron chi connectivity index (χ2n) is 7.82. The zero-order valence-electron chi connectivity index (χ0n) is 17.1. The zero-order chi connectivity index (χ0) is 21.8. The van der Waals surface area contributed by atoms with E-state index in [-0.39, 0.29) is 18.3 Å². The number of ketones is 1. The molecule has 0 spiro atoms. The van der Waals surface area contributed by atoms with Crippen LogP contribution in [-0.4, -0.2) is 46.8 Å². The summed E-state index contributed by atoms with van der Waals surface area (Å²) >= 11 is 0. The van der Waals surface area contributed by atoms with E-state index in [0.29, 0.717) is 5.71 Å². The molecule has 1 aliphatic rings. The molecule has 8 heteroatoms. The van der Waals surface area contributed by atoms with Crippen LogP contribution in [0.4, 0.5) is 4.39 Å². The van der Waals surface area contributed by atoms with Crippen LogP contribution < -0.4 is 5.32 Å². The van der Waals surface area contributed by atoms with E-state index in [2.05, 4.69) is 24.3 Å². The van der Waals surface area contributed by atoms with Crippen molar-refractivity contribution >= 4 is 23.4 Å². The maximum Gasteiger partial charge on any atom is 0.305 e. The van der Waals surface area contributed by atoms with Gasteiger partial charge in [0.2, 0.25) is 5.60 Å². The minimum Gasteiger partial charge on any atom is -0.481 e. The van der Waals surface area contributed by atoms with E-state index in [4.69, 9.17) is 9.94 Å². The van der Waals surface area contributed by atoms with Crippen LogP contribution >= 0.6 is 0 Å². The first kappa shape index (κ1) is 22.5. The van der Waals surface area contributed by atoms with E-state index in [1.807, 2.05) is 24.3 Å². The minimum absolute atomic E-state index is 0.157. The number of carbonyl (C=O) groups excluding carboxylic acids is 2. The molecule has 1 aromatic carbocycles. The molecule has 1 amide bonds. The van der Waals surface area contributed by atoms with Crippen LogP contribution in [0.25, 0.3) is 0 Å². The number of carboxylic acid groups (broad SMARTS) is 1. The largest absolute Gasteiger partial charge is 0.481 e. The Hall–Kier alpha value is -2.77. The van der Waals surface area contributed by atoms with Crippen molar-refractivity contribution in [2.75, 3.05) is 6.67 Å². The highest BCUT2D eigenvalue weighted by Gasteiger charge is 2.50. The van der Waals surface area contributed by atoms with Gasteiger partial charge in [-0.05, 0) is 11.5 Å². The fraction of sp³-hybridized carbons (Fsp3) is 0.524. The molecule has 0 fully saturated rings. The lowest BCUT2D eigenvalue weighted by Crippen LogP contribution is -2.55. The molecule has 0 aliphatic carbocycles. The third-order valence-corrected chi connectivity index (χ3v) is 5.16. The van der Waals surface area contributed by atoms with Crippen LogP contribution in [0.1, 0.15) is 57.6 Å². The Kier molecular flexibility index (Phi) is 7.11. The van der Waals surface area contributed by atoms with Crippen molar-refractivity contribution in [3.05, 3.63) is 35.4 Å². The number of halogens is 1. The van der Waals surface area contributed by atoms with Gasteiger partial charge in [0.25, 0.3) is 5.91 Å². The molecule has 0 radical (unpaired) electrons. The number of hydrogen-bond donors (Lipinski definition) is 2. The highest BCUT2D eigenvalue weighted by Crippen LogP contribution is 2.35. The van der Waals surface area contributed by atoms with E-state index < -0.39 is 42.4 Å². The summed E-state index contributed by atoms with van der Waals surface area (Å²) in [6.07, 6.45) is -0.545. The van der Waals surface area contributed by atoms with Crippen molar-refractivity contribution in [3.63, 3.8) is 0 Å². The molecular weight excluding hydrogens is 379 g/mol. The molecule has 2 N–H and O–H groups in total. The number of nitrogens with zero attached hydrogens (tertiary/aromatic N) is 1. The van der Waals surface area contributed by atoms with Crippen molar-refractivity contribution in [1.82, 2.24) is 5.32 Å². The van der Waals surface area contributed by atoms with Gasteiger partial charge < -0.3 is 15.3 Å². The van der Waals surface area contributed by atoms with Crippen molar-refractivity contribution in [3.8, 4) is 0 Å². The molecule has 0 aromatic heterocycles. The van der Waals surface area contributed by atoms with Gasteiger partial charge in [0.1, 0.15) is 12.7 Å². The summed E-state index contributed by atoms with van der Waals surface area (Å²) in [6.45, 7) is 6.29. The van der Waals surface area contributed by atoms with Crippen LogP contribution in [0.15, 0.2) is 29.4 Å². The lowest BCUT2D eigenvalue weighted by molar-refractivity contribution is -0.152. The number of benzene rings is 1. The highest BCUT2D eigenvalue weighted by molar-refractivity contribution is 6.07. The van der Waals surface area contributed by atoms with E-state index >= 15 is 0 Å². The fourth-order valence-corrected chi connectivity index (χ4v) is 3.34. The maximum atomic E-state index is 13.0. The van der Waals surface area contributed by atoms with E-state index in [1.54, 1.807) is 13.8 Å². The number of amides is 1. The maximum absolute atomic E-state index is 13.0. The lowest BCUT2D eigenvalue weighted by atomic mass is 9.82. The average Bonchev–Trinajstić information content (AvgIpc) is 3.13. The molecule has 2 atom stereocenters. The Labute approximate surface area is 169 Å². The van der Waals surface area contributed by atoms with Crippen molar-refractivity contribution < 1.29 is 28.7 Å². The molecule has 0 saturated heterocycles. The van der Waals surface area contributed by atoms with Gasteiger partial charge in [0.15, 0.2) is 5.78 Å². The molecule has 0 bridgehead atoms.